The Morgan fingerprint density at radius 3 is 2.52 bits per heavy atom. The molecule has 0 aliphatic carbocycles. The number of imidazole rings is 1. The molecule has 0 fully saturated rings. The average Bonchev–Trinajstić information content (AvgIpc) is 3.24. The van der Waals surface area contributed by atoms with Crippen molar-refractivity contribution in [2.75, 3.05) is 24.7 Å². The Morgan fingerprint density at radius 1 is 1.14 bits per heavy atom. The first-order chi connectivity index (χ1) is 13.9. The van der Waals surface area contributed by atoms with Crippen molar-refractivity contribution >= 4 is 42.9 Å². The monoisotopic (exact) mass is 448 g/mol. The summed E-state index contributed by atoms with van der Waals surface area (Å²) in [4.78, 5) is 5.65. The van der Waals surface area contributed by atoms with Crippen LogP contribution in [0.25, 0.3) is 16.2 Å². The molecule has 1 N–H and O–H groups in total. The molecule has 0 aliphatic rings. The maximum absolute atomic E-state index is 11.5. The third-order valence-corrected chi connectivity index (χ3v) is 6.34. The summed E-state index contributed by atoms with van der Waals surface area (Å²) in [6.45, 7) is 0.963. The molecule has 0 unspecified atom stereocenters. The molecule has 7 nitrogen and oxygen atoms in total. The van der Waals surface area contributed by atoms with Crippen LogP contribution in [0.5, 0.6) is 5.75 Å². The molecule has 0 radical (unpaired) electrons. The Hall–Kier alpha value is -2.62. The topological polar surface area (TPSA) is 85.6 Å². The van der Waals surface area contributed by atoms with Gasteiger partial charge < -0.3 is 10.1 Å². The summed E-state index contributed by atoms with van der Waals surface area (Å²) in [6, 6.07) is 13.9. The maximum atomic E-state index is 11.5. The van der Waals surface area contributed by atoms with Gasteiger partial charge in [0, 0.05) is 16.8 Å². The molecular formula is C19H17ClN4O3S2. The van der Waals surface area contributed by atoms with E-state index in [1.54, 1.807) is 16.6 Å². The lowest BCUT2D eigenvalue weighted by Gasteiger charge is -2.07. The summed E-state index contributed by atoms with van der Waals surface area (Å²) in [5.41, 5.74) is 1.82. The Morgan fingerprint density at radius 2 is 1.86 bits per heavy atom. The molecular weight excluding hydrogens is 432 g/mol. The first-order valence-electron chi connectivity index (χ1n) is 8.67. The summed E-state index contributed by atoms with van der Waals surface area (Å²) < 4.78 is 30.3. The molecule has 0 aliphatic heterocycles. The molecule has 4 rings (SSSR count). The van der Waals surface area contributed by atoms with E-state index >= 15 is 0 Å². The van der Waals surface area contributed by atoms with E-state index in [0.29, 0.717) is 23.9 Å². The van der Waals surface area contributed by atoms with Crippen molar-refractivity contribution in [3.8, 4) is 17.0 Å². The van der Waals surface area contributed by atoms with Crippen LogP contribution in [0.15, 0.2) is 59.6 Å². The van der Waals surface area contributed by atoms with Crippen LogP contribution in [0.2, 0.25) is 5.02 Å². The van der Waals surface area contributed by atoms with Crippen molar-refractivity contribution in [2.24, 2.45) is 0 Å². The van der Waals surface area contributed by atoms with Crippen LogP contribution in [-0.4, -0.2) is 42.4 Å². The zero-order valence-corrected chi connectivity index (χ0v) is 17.8. The fourth-order valence-corrected chi connectivity index (χ4v) is 4.20. The van der Waals surface area contributed by atoms with Crippen LogP contribution in [0, 0.1) is 0 Å². The maximum Gasteiger partial charge on any atom is 0.214 e. The van der Waals surface area contributed by atoms with Crippen molar-refractivity contribution < 1.29 is 13.2 Å². The van der Waals surface area contributed by atoms with Crippen LogP contribution < -0.4 is 10.1 Å². The highest BCUT2D eigenvalue weighted by atomic mass is 35.5. The largest absolute Gasteiger partial charge is 0.492 e. The number of fused-ring (bicyclic) bond motifs is 1. The van der Waals surface area contributed by atoms with Gasteiger partial charge in [-0.05, 0) is 36.4 Å². The number of rotatable bonds is 7. The lowest BCUT2D eigenvalue weighted by atomic mass is 10.2. The van der Waals surface area contributed by atoms with Gasteiger partial charge in [-0.25, -0.2) is 17.9 Å². The van der Waals surface area contributed by atoms with Crippen molar-refractivity contribution in [3.63, 3.8) is 0 Å². The summed E-state index contributed by atoms with van der Waals surface area (Å²) in [5, 5.41) is 9.10. The SMILES string of the molecule is CS(=O)(=O)c1ccc(OCCNc2nn3cc(-c4ccc(Cl)cc4)nc3s2)cc1. The van der Waals surface area contributed by atoms with Crippen molar-refractivity contribution in [1.29, 1.82) is 0 Å². The zero-order chi connectivity index (χ0) is 20.4. The fourth-order valence-electron chi connectivity index (χ4n) is 2.64. The Balaban J connectivity index is 1.32. The molecule has 0 atom stereocenters. The smallest absolute Gasteiger partial charge is 0.214 e. The number of hydrogen-bond acceptors (Lipinski definition) is 7. The van der Waals surface area contributed by atoms with Gasteiger partial charge in [-0.3, -0.25) is 0 Å². The van der Waals surface area contributed by atoms with Gasteiger partial charge >= 0.3 is 0 Å². The number of anilines is 1. The minimum Gasteiger partial charge on any atom is -0.492 e. The molecule has 0 saturated heterocycles. The lowest BCUT2D eigenvalue weighted by Crippen LogP contribution is -2.11. The first kappa shape index (κ1) is 19.7. The van der Waals surface area contributed by atoms with Gasteiger partial charge in [-0.1, -0.05) is 35.1 Å². The molecule has 4 aromatic rings. The quantitative estimate of drug-likeness (QED) is 0.430. The van der Waals surface area contributed by atoms with E-state index in [1.807, 2.05) is 30.5 Å². The standard InChI is InChI=1S/C19H17ClN4O3S2/c1-29(25,26)16-8-6-15(7-9-16)27-11-10-21-18-23-24-12-17(22-19(24)28-18)13-2-4-14(20)5-3-13/h2-9,12H,10-11H2,1H3,(H,21,23). The number of ether oxygens (including phenoxy) is 1. The van der Waals surface area contributed by atoms with E-state index < -0.39 is 9.84 Å². The average molecular weight is 449 g/mol. The normalized spacial score (nSPS) is 11.7. The van der Waals surface area contributed by atoms with Crippen LogP contribution in [0.3, 0.4) is 0 Å². The minimum absolute atomic E-state index is 0.270. The second kappa shape index (κ2) is 8.02. The fraction of sp³-hybridized carbons (Fsp3) is 0.158. The molecule has 10 heteroatoms. The predicted molar refractivity (Wildman–Crippen MR) is 115 cm³/mol. The molecule has 2 heterocycles. The highest BCUT2D eigenvalue weighted by Gasteiger charge is 2.10. The molecule has 150 valence electrons. The predicted octanol–water partition coefficient (Wildman–Crippen LogP) is 4.01. The van der Waals surface area contributed by atoms with E-state index in [1.165, 1.54) is 29.7 Å². The molecule has 2 aromatic carbocycles. The van der Waals surface area contributed by atoms with E-state index in [2.05, 4.69) is 15.4 Å². The van der Waals surface area contributed by atoms with Crippen LogP contribution in [-0.2, 0) is 9.84 Å². The molecule has 0 bridgehead atoms. The van der Waals surface area contributed by atoms with Crippen LogP contribution in [0.4, 0.5) is 5.13 Å². The van der Waals surface area contributed by atoms with E-state index in [4.69, 9.17) is 16.3 Å². The van der Waals surface area contributed by atoms with Gasteiger partial charge in [0.2, 0.25) is 10.1 Å². The summed E-state index contributed by atoms with van der Waals surface area (Å²) >= 11 is 7.37. The van der Waals surface area contributed by atoms with Gasteiger partial charge in [0.1, 0.15) is 12.4 Å². The third-order valence-electron chi connectivity index (χ3n) is 4.08. The highest BCUT2D eigenvalue weighted by molar-refractivity contribution is 7.90. The molecule has 0 amide bonds. The van der Waals surface area contributed by atoms with Gasteiger partial charge in [0.05, 0.1) is 23.3 Å². The van der Waals surface area contributed by atoms with E-state index in [-0.39, 0.29) is 4.90 Å². The number of nitrogens with zero attached hydrogens (tertiary/aromatic N) is 3. The van der Waals surface area contributed by atoms with Gasteiger partial charge in [-0.2, -0.15) is 0 Å². The Labute approximate surface area is 176 Å². The van der Waals surface area contributed by atoms with Crippen molar-refractivity contribution in [1.82, 2.24) is 14.6 Å². The molecule has 0 saturated carbocycles. The number of halogens is 1. The zero-order valence-electron chi connectivity index (χ0n) is 15.4. The van der Waals surface area contributed by atoms with Crippen LogP contribution in [0.1, 0.15) is 0 Å². The summed E-state index contributed by atoms with van der Waals surface area (Å²) in [5.74, 6) is 0.612. The van der Waals surface area contributed by atoms with Crippen LogP contribution >= 0.6 is 22.9 Å². The van der Waals surface area contributed by atoms with E-state index in [9.17, 15) is 8.42 Å². The Kier molecular flexibility index (Phi) is 5.44. The van der Waals surface area contributed by atoms with Crippen molar-refractivity contribution in [2.45, 2.75) is 4.90 Å². The minimum atomic E-state index is -3.20. The highest BCUT2D eigenvalue weighted by Crippen LogP contribution is 2.25. The number of benzene rings is 2. The first-order valence-corrected chi connectivity index (χ1v) is 11.8. The number of nitrogens with one attached hydrogen (secondary N) is 1. The third kappa shape index (κ3) is 4.69. The summed E-state index contributed by atoms with van der Waals surface area (Å²) in [6.07, 6.45) is 3.05. The number of aromatic nitrogens is 3. The Bertz CT molecular complexity index is 1200. The summed E-state index contributed by atoms with van der Waals surface area (Å²) in [7, 11) is -3.20. The van der Waals surface area contributed by atoms with Gasteiger partial charge in [-0.15, -0.1) is 5.10 Å². The molecule has 29 heavy (non-hydrogen) atoms. The van der Waals surface area contributed by atoms with E-state index in [0.717, 1.165) is 21.3 Å². The second-order valence-electron chi connectivity index (χ2n) is 6.29. The van der Waals surface area contributed by atoms with Gasteiger partial charge in [0.25, 0.3) is 0 Å². The van der Waals surface area contributed by atoms with Gasteiger partial charge in [0.15, 0.2) is 9.84 Å². The van der Waals surface area contributed by atoms with Crippen molar-refractivity contribution in [3.05, 3.63) is 59.8 Å². The second-order valence-corrected chi connectivity index (χ2v) is 9.69. The lowest BCUT2D eigenvalue weighted by molar-refractivity contribution is 0.332. The molecule has 2 aromatic heterocycles. The number of sulfone groups is 1. The number of hydrogen-bond donors (Lipinski definition) is 1. The molecule has 0 spiro atoms.